The van der Waals surface area contributed by atoms with Crippen molar-refractivity contribution >= 4 is 26.6 Å². The van der Waals surface area contributed by atoms with Gasteiger partial charge in [0.15, 0.2) is 0 Å². The van der Waals surface area contributed by atoms with Gasteiger partial charge in [0.05, 0.1) is 29.8 Å². The summed E-state index contributed by atoms with van der Waals surface area (Å²) in [6.07, 6.45) is 10.0. The zero-order valence-corrected chi connectivity index (χ0v) is 39.2. The lowest BCUT2D eigenvalue weighted by Gasteiger charge is -2.59. The summed E-state index contributed by atoms with van der Waals surface area (Å²) in [4.78, 5) is 10.8. The van der Waals surface area contributed by atoms with Crippen molar-refractivity contribution in [2.75, 3.05) is 26.9 Å². The van der Waals surface area contributed by atoms with Crippen LogP contribution in [0, 0.1) is 17.8 Å². The number of allylic oxidation sites excluding steroid dienone is 1. The van der Waals surface area contributed by atoms with Crippen LogP contribution in [0.4, 0.5) is 0 Å². The molecule has 0 bridgehead atoms. The van der Waals surface area contributed by atoms with E-state index < -0.39 is 27.8 Å². The van der Waals surface area contributed by atoms with Gasteiger partial charge in [-0.1, -0.05) is 121 Å². The van der Waals surface area contributed by atoms with E-state index in [2.05, 4.69) is 35.8 Å². The number of rotatable bonds is 20. The Morgan fingerprint density at radius 2 is 1.54 bits per heavy atom. The number of unbranched alkanes of at least 4 members (excludes halogenated alkanes) is 2. The average molecular weight is 934 g/mol. The fourth-order valence-corrected chi connectivity index (χ4v) is 12.1. The molecule has 3 aliphatic rings. The van der Waals surface area contributed by atoms with Crippen LogP contribution in [0.2, 0.25) is 0 Å². The van der Waals surface area contributed by atoms with Crippen molar-refractivity contribution in [2.24, 2.45) is 22.9 Å². The van der Waals surface area contributed by atoms with Gasteiger partial charge in [-0.3, -0.25) is 4.98 Å². The minimum atomic E-state index is -4.29. The van der Waals surface area contributed by atoms with Gasteiger partial charge in [0.1, 0.15) is 28.8 Å². The number of fused-ring (bicyclic) bond motifs is 3. The standard InChI is InChI=1S/C56H59N3O8S/c1-3-34-64-56-52(59(2)68(62,63)51-24-14-21-42-22-15-31-57-55(42)51)37-49(58-65-38-39-16-6-4-7-17-39)47-35-43(20-10-12-32-60)46(23-11-13-33-61)53(54(47)56)48-36-45(29-30-50(48)67-56)66-44-27-25-41(26-28-44)40-18-8-5-9-19-40/h3-9,14-19,21-22,24-31,35-36,43,46,52-54,60-61H,1,10-13,20,23,32-34,37-38H2,2H3/t43-,46+,52-,53+,54+,56+/m0/s1. The molecule has 2 N–H and O–H groups in total. The van der Waals surface area contributed by atoms with E-state index in [-0.39, 0.29) is 55.5 Å². The highest BCUT2D eigenvalue weighted by molar-refractivity contribution is 7.89. The van der Waals surface area contributed by atoms with Crippen LogP contribution in [0.5, 0.6) is 17.2 Å². The highest BCUT2D eigenvalue weighted by Gasteiger charge is 2.65. The summed E-state index contributed by atoms with van der Waals surface area (Å²) in [5.74, 6) is -0.617. The molecule has 6 aromatic rings. The molecule has 5 aromatic carbocycles. The van der Waals surface area contributed by atoms with Crippen LogP contribution in [0.25, 0.3) is 22.0 Å². The van der Waals surface area contributed by atoms with Crippen molar-refractivity contribution in [1.82, 2.24) is 9.29 Å². The largest absolute Gasteiger partial charge is 0.460 e. The third-order valence-corrected chi connectivity index (χ3v) is 15.7. The van der Waals surface area contributed by atoms with Crippen LogP contribution in [-0.4, -0.2) is 72.3 Å². The van der Waals surface area contributed by atoms with E-state index >= 15 is 8.42 Å². The van der Waals surface area contributed by atoms with E-state index in [9.17, 15) is 10.2 Å². The lowest BCUT2D eigenvalue weighted by molar-refractivity contribution is -0.250. The molecule has 2 aliphatic carbocycles. The summed E-state index contributed by atoms with van der Waals surface area (Å²) in [5, 5.41) is 25.7. The Labute approximate surface area is 399 Å². The van der Waals surface area contributed by atoms with Crippen LogP contribution in [0.15, 0.2) is 174 Å². The molecule has 9 rings (SSSR count). The fourth-order valence-electron chi connectivity index (χ4n) is 10.6. The molecule has 1 fully saturated rings. The highest BCUT2D eigenvalue weighted by atomic mass is 32.2. The maximum absolute atomic E-state index is 15.3. The molecule has 0 saturated heterocycles. The SMILES string of the molecule is C=CCO[C@@]12Oc3ccc(Oc4ccc(-c5ccccc5)cc4)cc3[C@H]3[C@H](CCCCO)[C@@H](CCCCO)C=C(C(=NOCc4ccccc4)C[C@@H]1N(C)S(=O)(=O)c1cccc4cccnc14)[C@H]32. The van der Waals surface area contributed by atoms with Gasteiger partial charge in [-0.2, -0.15) is 4.31 Å². The minimum Gasteiger partial charge on any atom is -0.460 e. The maximum Gasteiger partial charge on any atom is 0.245 e. The zero-order valence-electron chi connectivity index (χ0n) is 38.4. The smallest absolute Gasteiger partial charge is 0.245 e. The predicted molar refractivity (Wildman–Crippen MR) is 265 cm³/mol. The Bertz CT molecular complexity index is 2850. The third kappa shape index (κ3) is 9.48. The molecule has 0 spiro atoms. The number of ether oxygens (including phenoxy) is 3. The first-order chi connectivity index (χ1) is 33.2. The molecule has 1 aromatic heterocycles. The number of sulfonamides is 1. The van der Waals surface area contributed by atoms with Gasteiger partial charge in [0.2, 0.25) is 15.8 Å². The Balaban J connectivity index is 1.21. The maximum atomic E-state index is 15.3. The molecular formula is C56H59N3O8S. The number of hydrogen-bond acceptors (Lipinski definition) is 10. The second kappa shape index (κ2) is 21.0. The van der Waals surface area contributed by atoms with Gasteiger partial charge in [-0.15, -0.1) is 6.58 Å². The molecular weight excluding hydrogens is 875 g/mol. The molecule has 0 unspecified atom stereocenters. The Kier molecular flexibility index (Phi) is 14.5. The number of pyridine rings is 1. The highest BCUT2D eigenvalue weighted by Crippen LogP contribution is 2.62. The number of para-hydroxylation sites is 1. The number of aromatic nitrogens is 1. The summed E-state index contributed by atoms with van der Waals surface area (Å²) in [5.41, 5.74) is 5.88. The molecule has 1 aliphatic heterocycles. The zero-order chi connectivity index (χ0) is 47.1. The number of benzene rings is 5. The second-order valence-electron chi connectivity index (χ2n) is 17.9. The summed E-state index contributed by atoms with van der Waals surface area (Å²) in [6, 6.07) is 41.7. The first-order valence-corrected chi connectivity index (χ1v) is 25.1. The summed E-state index contributed by atoms with van der Waals surface area (Å²) in [6.45, 7) is 4.46. The Morgan fingerprint density at radius 3 is 2.29 bits per heavy atom. The van der Waals surface area contributed by atoms with Gasteiger partial charge >= 0.3 is 0 Å². The summed E-state index contributed by atoms with van der Waals surface area (Å²) >= 11 is 0. The van der Waals surface area contributed by atoms with Crippen LogP contribution in [0.1, 0.15) is 62.0 Å². The molecule has 0 amide bonds. The second-order valence-corrected chi connectivity index (χ2v) is 19.8. The van der Waals surface area contributed by atoms with Crippen molar-refractivity contribution in [1.29, 1.82) is 0 Å². The van der Waals surface area contributed by atoms with E-state index in [0.717, 1.165) is 53.5 Å². The van der Waals surface area contributed by atoms with E-state index in [1.54, 1.807) is 37.5 Å². The first-order valence-electron chi connectivity index (χ1n) is 23.6. The quantitative estimate of drug-likeness (QED) is 0.0435. The van der Waals surface area contributed by atoms with Gasteiger partial charge in [-0.25, -0.2) is 8.42 Å². The van der Waals surface area contributed by atoms with Crippen LogP contribution >= 0.6 is 0 Å². The summed E-state index contributed by atoms with van der Waals surface area (Å²) < 4.78 is 53.0. The Morgan fingerprint density at radius 1 is 0.838 bits per heavy atom. The van der Waals surface area contributed by atoms with E-state index in [1.807, 2.05) is 97.1 Å². The molecule has 12 heteroatoms. The molecule has 1 saturated carbocycles. The van der Waals surface area contributed by atoms with E-state index in [0.29, 0.717) is 46.7 Å². The molecule has 11 nitrogen and oxygen atoms in total. The molecule has 68 heavy (non-hydrogen) atoms. The number of hydrogen-bond donors (Lipinski definition) is 2. The molecule has 6 atom stereocenters. The third-order valence-electron chi connectivity index (χ3n) is 13.8. The monoisotopic (exact) mass is 933 g/mol. The van der Waals surface area contributed by atoms with Gasteiger partial charge in [0, 0.05) is 49.7 Å². The number of nitrogens with zero attached hydrogens (tertiary/aromatic N) is 3. The number of oxime groups is 1. The van der Waals surface area contributed by atoms with Crippen molar-refractivity contribution in [3.63, 3.8) is 0 Å². The van der Waals surface area contributed by atoms with Crippen molar-refractivity contribution in [3.8, 4) is 28.4 Å². The lowest BCUT2D eigenvalue weighted by Crippen LogP contribution is -2.69. The van der Waals surface area contributed by atoms with Crippen LogP contribution in [0.3, 0.4) is 0 Å². The van der Waals surface area contributed by atoms with Crippen molar-refractivity contribution in [3.05, 3.63) is 175 Å². The van der Waals surface area contributed by atoms with Gasteiger partial charge in [0.25, 0.3) is 0 Å². The van der Waals surface area contributed by atoms with E-state index in [1.165, 1.54) is 4.31 Å². The number of aliphatic hydroxyl groups excluding tert-OH is 2. The Hall–Kier alpha value is -6.15. The van der Waals surface area contributed by atoms with Crippen LogP contribution in [-0.2, 0) is 26.2 Å². The normalized spacial score (nSPS) is 22.5. The first kappa shape index (κ1) is 46.9. The van der Waals surface area contributed by atoms with Gasteiger partial charge < -0.3 is 29.3 Å². The number of likely N-dealkylation sites (N-methyl/N-ethyl adjacent to an activating group) is 1. The molecule has 0 radical (unpaired) electrons. The summed E-state index contributed by atoms with van der Waals surface area (Å²) in [7, 11) is -2.70. The predicted octanol–water partition coefficient (Wildman–Crippen LogP) is 10.8. The van der Waals surface area contributed by atoms with Crippen LogP contribution < -0.4 is 9.47 Å². The van der Waals surface area contributed by atoms with Crippen molar-refractivity contribution < 1.29 is 37.7 Å². The minimum absolute atomic E-state index is 0.0156. The topological polar surface area (TPSA) is 140 Å². The van der Waals surface area contributed by atoms with Crippen molar-refractivity contribution in [2.45, 2.75) is 74.2 Å². The molecule has 2 heterocycles. The lowest BCUT2D eigenvalue weighted by atomic mass is 9.55. The average Bonchev–Trinajstić information content (AvgIpc) is 3.37. The van der Waals surface area contributed by atoms with Gasteiger partial charge in [-0.05, 0) is 102 Å². The van der Waals surface area contributed by atoms with E-state index in [4.69, 9.17) is 24.2 Å². The number of aliphatic hydroxyl groups is 2. The molecule has 352 valence electrons. The fraction of sp³-hybridized carbons (Fsp3) is 0.321.